The number of benzene rings is 1. The highest BCUT2D eigenvalue weighted by Crippen LogP contribution is 2.26. The van der Waals surface area contributed by atoms with Gasteiger partial charge in [0.1, 0.15) is 11.6 Å². The van der Waals surface area contributed by atoms with Gasteiger partial charge in [-0.25, -0.2) is 4.98 Å². The molecule has 1 aromatic heterocycles. The third-order valence-electron chi connectivity index (χ3n) is 5.84. The number of rotatable bonds is 5. The third-order valence-corrected chi connectivity index (χ3v) is 5.84. The van der Waals surface area contributed by atoms with Crippen LogP contribution < -0.4 is 15.0 Å². The van der Waals surface area contributed by atoms with E-state index in [0.717, 1.165) is 37.9 Å². The second-order valence-corrected chi connectivity index (χ2v) is 7.55. The van der Waals surface area contributed by atoms with E-state index < -0.39 is 0 Å². The van der Waals surface area contributed by atoms with Crippen molar-refractivity contribution in [3.8, 4) is 5.75 Å². The van der Waals surface area contributed by atoms with E-state index in [1.807, 2.05) is 18.2 Å². The predicted molar refractivity (Wildman–Crippen MR) is 111 cm³/mol. The number of amides is 1. The van der Waals surface area contributed by atoms with Crippen LogP contribution in [0.5, 0.6) is 5.75 Å². The fourth-order valence-electron chi connectivity index (χ4n) is 4.25. The lowest BCUT2D eigenvalue weighted by atomic mass is 10.1. The van der Waals surface area contributed by atoms with Gasteiger partial charge in [-0.3, -0.25) is 9.69 Å². The first-order chi connectivity index (χ1) is 13.7. The highest BCUT2D eigenvalue weighted by Gasteiger charge is 2.26. The highest BCUT2D eigenvalue weighted by molar-refractivity contribution is 6.04. The monoisotopic (exact) mass is 380 g/mol. The molecule has 0 unspecified atom stereocenters. The van der Waals surface area contributed by atoms with Gasteiger partial charge < -0.3 is 15.0 Å². The molecule has 1 amide bonds. The number of hydrogen-bond acceptors (Lipinski definition) is 5. The molecule has 1 N–H and O–H groups in total. The number of piperazine rings is 1. The summed E-state index contributed by atoms with van der Waals surface area (Å²) in [4.78, 5) is 21.9. The molecule has 0 spiro atoms. The number of anilines is 2. The summed E-state index contributed by atoms with van der Waals surface area (Å²) in [6.07, 6.45) is 7.24. The Hall–Kier alpha value is -2.60. The Kier molecular flexibility index (Phi) is 5.76. The number of ether oxygens (including phenoxy) is 1. The molecule has 148 valence electrons. The molecule has 0 atom stereocenters. The van der Waals surface area contributed by atoms with Crippen molar-refractivity contribution in [3.63, 3.8) is 0 Å². The van der Waals surface area contributed by atoms with Gasteiger partial charge in [-0.05, 0) is 37.1 Å². The molecule has 1 saturated carbocycles. The van der Waals surface area contributed by atoms with Crippen molar-refractivity contribution in [2.75, 3.05) is 43.5 Å². The summed E-state index contributed by atoms with van der Waals surface area (Å²) in [6.45, 7) is 4.25. The lowest BCUT2D eigenvalue weighted by Gasteiger charge is -2.39. The number of hydrogen-bond donors (Lipinski definition) is 1. The van der Waals surface area contributed by atoms with Crippen LogP contribution in [0.1, 0.15) is 36.0 Å². The average Bonchev–Trinajstić information content (AvgIpc) is 3.29. The molecule has 4 rings (SSSR count). The molecule has 2 aliphatic rings. The summed E-state index contributed by atoms with van der Waals surface area (Å²) in [5.41, 5.74) is 1.67. The van der Waals surface area contributed by atoms with Crippen LogP contribution in [0.4, 0.5) is 11.5 Å². The van der Waals surface area contributed by atoms with E-state index in [1.165, 1.54) is 25.7 Å². The van der Waals surface area contributed by atoms with Crippen LogP contribution in [-0.2, 0) is 0 Å². The van der Waals surface area contributed by atoms with Crippen LogP contribution in [0.25, 0.3) is 0 Å². The van der Waals surface area contributed by atoms with Gasteiger partial charge >= 0.3 is 0 Å². The first kappa shape index (κ1) is 18.7. The van der Waals surface area contributed by atoms with Crippen LogP contribution in [0.15, 0.2) is 42.6 Å². The minimum Gasteiger partial charge on any atom is -0.497 e. The van der Waals surface area contributed by atoms with Crippen molar-refractivity contribution >= 4 is 17.4 Å². The fourth-order valence-corrected chi connectivity index (χ4v) is 4.25. The smallest absolute Gasteiger partial charge is 0.256 e. The fraction of sp³-hybridized carbons (Fsp3) is 0.455. The predicted octanol–water partition coefficient (Wildman–Crippen LogP) is 3.41. The SMILES string of the molecule is COc1cccc(C(=O)Nc2cc(N3CCN(C4CCCC4)CC3)ccn2)c1. The van der Waals surface area contributed by atoms with E-state index in [2.05, 4.69) is 20.1 Å². The maximum Gasteiger partial charge on any atom is 0.256 e. The van der Waals surface area contributed by atoms with Crippen LogP contribution in [0, 0.1) is 0 Å². The van der Waals surface area contributed by atoms with Gasteiger partial charge in [0.05, 0.1) is 7.11 Å². The molecule has 1 aliphatic heterocycles. The zero-order valence-electron chi connectivity index (χ0n) is 16.4. The molecule has 1 aliphatic carbocycles. The van der Waals surface area contributed by atoms with Crippen molar-refractivity contribution in [1.29, 1.82) is 0 Å². The summed E-state index contributed by atoms with van der Waals surface area (Å²) in [6, 6.07) is 11.9. The number of aromatic nitrogens is 1. The summed E-state index contributed by atoms with van der Waals surface area (Å²) in [5, 5.41) is 2.90. The van der Waals surface area contributed by atoms with E-state index >= 15 is 0 Å². The van der Waals surface area contributed by atoms with Gasteiger partial charge in [0, 0.05) is 55.7 Å². The second-order valence-electron chi connectivity index (χ2n) is 7.55. The molecule has 0 bridgehead atoms. The summed E-state index contributed by atoms with van der Waals surface area (Å²) in [7, 11) is 1.59. The second kappa shape index (κ2) is 8.61. The molecule has 1 saturated heterocycles. The van der Waals surface area contributed by atoms with Gasteiger partial charge in [-0.2, -0.15) is 0 Å². The Labute approximate surface area is 166 Å². The maximum absolute atomic E-state index is 12.5. The van der Waals surface area contributed by atoms with E-state index in [0.29, 0.717) is 17.1 Å². The molecular weight excluding hydrogens is 352 g/mol. The molecular formula is C22H28N4O2. The highest BCUT2D eigenvalue weighted by atomic mass is 16.5. The molecule has 6 nitrogen and oxygen atoms in total. The molecule has 1 aromatic carbocycles. The maximum atomic E-state index is 12.5. The molecule has 0 radical (unpaired) electrons. The van der Waals surface area contributed by atoms with Gasteiger partial charge in [-0.1, -0.05) is 18.9 Å². The van der Waals surface area contributed by atoms with Gasteiger partial charge in [0.25, 0.3) is 5.91 Å². The molecule has 2 aromatic rings. The van der Waals surface area contributed by atoms with Crippen LogP contribution >= 0.6 is 0 Å². The van der Waals surface area contributed by atoms with Gasteiger partial charge in [-0.15, -0.1) is 0 Å². The van der Waals surface area contributed by atoms with E-state index in [-0.39, 0.29) is 5.91 Å². The first-order valence-electron chi connectivity index (χ1n) is 10.1. The minimum absolute atomic E-state index is 0.186. The lowest BCUT2D eigenvalue weighted by Crippen LogP contribution is -2.49. The van der Waals surface area contributed by atoms with Crippen LogP contribution in [0.2, 0.25) is 0 Å². The van der Waals surface area contributed by atoms with E-state index in [9.17, 15) is 4.79 Å². The van der Waals surface area contributed by atoms with Crippen molar-refractivity contribution in [2.45, 2.75) is 31.7 Å². The molecule has 6 heteroatoms. The molecule has 2 heterocycles. The summed E-state index contributed by atoms with van der Waals surface area (Å²) >= 11 is 0. The number of nitrogens with one attached hydrogen (secondary N) is 1. The van der Waals surface area contributed by atoms with Crippen LogP contribution in [-0.4, -0.2) is 55.1 Å². The van der Waals surface area contributed by atoms with Crippen molar-refractivity contribution in [2.24, 2.45) is 0 Å². The van der Waals surface area contributed by atoms with Crippen LogP contribution in [0.3, 0.4) is 0 Å². The first-order valence-corrected chi connectivity index (χ1v) is 10.1. The zero-order chi connectivity index (χ0) is 19.3. The van der Waals surface area contributed by atoms with Gasteiger partial charge in [0.15, 0.2) is 0 Å². The number of carbonyl (C=O) groups excluding carboxylic acids is 1. The van der Waals surface area contributed by atoms with Crippen molar-refractivity contribution in [3.05, 3.63) is 48.2 Å². The number of pyridine rings is 1. The van der Waals surface area contributed by atoms with Crippen molar-refractivity contribution < 1.29 is 9.53 Å². The lowest BCUT2D eigenvalue weighted by molar-refractivity contribution is 0.102. The standard InChI is InChI=1S/C22H28N4O2/c1-28-20-8-4-5-17(15-20)22(27)24-21-16-19(9-10-23-21)26-13-11-25(12-14-26)18-6-2-3-7-18/h4-5,8-10,15-16,18H,2-3,6-7,11-14H2,1H3,(H,23,24,27). The average molecular weight is 380 g/mol. The number of nitrogens with zero attached hydrogens (tertiary/aromatic N) is 3. The topological polar surface area (TPSA) is 57.7 Å². The van der Waals surface area contributed by atoms with Crippen molar-refractivity contribution in [1.82, 2.24) is 9.88 Å². The summed E-state index contributed by atoms with van der Waals surface area (Å²) < 4.78 is 5.19. The normalized spacial score (nSPS) is 18.2. The largest absolute Gasteiger partial charge is 0.497 e. The minimum atomic E-state index is -0.186. The van der Waals surface area contributed by atoms with E-state index in [1.54, 1.807) is 31.5 Å². The number of methoxy groups -OCH3 is 1. The Morgan fingerprint density at radius 2 is 1.89 bits per heavy atom. The quantitative estimate of drug-likeness (QED) is 0.861. The summed E-state index contributed by atoms with van der Waals surface area (Å²) in [5.74, 6) is 1.05. The Morgan fingerprint density at radius 3 is 2.64 bits per heavy atom. The van der Waals surface area contributed by atoms with Gasteiger partial charge in [0.2, 0.25) is 0 Å². The molecule has 28 heavy (non-hydrogen) atoms. The zero-order valence-corrected chi connectivity index (χ0v) is 16.4. The Balaban J connectivity index is 1.38. The number of carbonyl (C=O) groups is 1. The Bertz CT molecular complexity index is 812. The third kappa shape index (κ3) is 4.28. The molecule has 2 fully saturated rings. The Morgan fingerprint density at radius 1 is 1.11 bits per heavy atom. The van der Waals surface area contributed by atoms with E-state index in [4.69, 9.17) is 4.74 Å².